The van der Waals surface area contributed by atoms with E-state index in [1.807, 2.05) is 54.6 Å². The molecule has 2 fully saturated rings. The minimum Gasteiger partial charge on any atom is -0.274 e. The molecule has 0 spiro atoms. The van der Waals surface area contributed by atoms with E-state index in [1.165, 1.54) is 16.0 Å². The van der Waals surface area contributed by atoms with Crippen LogP contribution in [0.3, 0.4) is 0 Å². The van der Waals surface area contributed by atoms with Crippen molar-refractivity contribution in [2.45, 2.75) is 31.6 Å². The number of anilines is 1. The molecule has 150 valence electrons. The summed E-state index contributed by atoms with van der Waals surface area (Å²) >= 11 is 0. The van der Waals surface area contributed by atoms with Crippen LogP contribution in [-0.2, 0) is 16.0 Å². The Morgan fingerprint density at radius 2 is 1.43 bits per heavy atom. The number of carbonyl (C=O) groups is 2. The Morgan fingerprint density at radius 1 is 0.767 bits per heavy atom. The van der Waals surface area contributed by atoms with Gasteiger partial charge < -0.3 is 0 Å². The fraction of sp³-hybridized carbons (Fsp3) is 0.269. The first-order valence-corrected chi connectivity index (χ1v) is 10.6. The van der Waals surface area contributed by atoms with Crippen molar-refractivity contribution in [3.8, 4) is 0 Å². The monoisotopic (exact) mass is 396 g/mol. The molecule has 0 radical (unpaired) electrons. The average molecular weight is 396 g/mol. The molecule has 0 N–H and O–H groups in total. The van der Waals surface area contributed by atoms with Crippen LogP contribution in [0.1, 0.15) is 41.9 Å². The Bertz CT molecular complexity index is 1050. The minimum absolute atomic E-state index is 0.0293. The Morgan fingerprint density at radius 3 is 2.17 bits per heavy atom. The number of imide groups is 1. The molecule has 4 heteroatoms. The predicted octanol–water partition coefficient (Wildman–Crippen LogP) is 4.75. The van der Waals surface area contributed by atoms with Crippen LogP contribution in [0.2, 0.25) is 0 Å². The maximum atomic E-state index is 13.2. The second-order valence-electron chi connectivity index (χ2n) is 8.34. The Kier molecular flexibility index (Phi) is 4.91. The van der Waals surface area contributed by atoms with Gasteiger partial charge in [-0.3, -0.25) is 19.5 Å². The molecule has 1 aliphatic heterocycles. The van der Waals surface area contributed by atoms with Crippen LogP contribution in [0.15, 0.2) is 79.1 Å². The van der Waals surface area contributed by atoms with Gasteiger partial charge in [-0.25, -0.2) is 0 Å². The van der Waals surface area contributed by atoms with Gasteiger partial charge in [0.1, 0.15) is 0 Å². The number of hydrogen-bond donors (Lipinski definition) is 0. The highest BCUT2D eigenvalue weighted by atomic mass is 16.2. The van der Waals surface area contributed by atoms with E-state index in [-0.39, 0.29) is 23.7 Å². The fourth-order valence-electron chi connectivity index (χ4n) is 4.96. The molecule has 1 saturated heterocycles. The van der Waals surface area contributed by atoms with Crippen LogP contribution in [0.5, 0.6) is 0 Å². The molecule has 4 nitrogen and oxygen atoms in total. The van der Waals surface area contributed by atoms with E-state index in [2.05, 4.69) is 17.1 Å². The fourth-order valence-corrected chi connectivity index (χ4v) is 4.96. The van der Waals surface area contributed by atoms with Gasteiger partial charge in [0.2, 0.25) is 11.8 Å². The lowest BCUT2D eigenvalue weighted by atomic mass is 9.73. The minimum atomic E-state index is -0.201. The van der Waals surface area contributed by atoms with Gasteiger partial charge in [-0.15, -0.1) is 0 Å². The van der Waals surface area contributed by atoms with Crippen LogP contribution in [0.25, 0.3) is 0 Å². The van der Waals surface area contributed by atoms with Crippen LogP contribution in [-0.4, -0.2) is 16.8 Å². The molecule has 3 unspecified atom stereocenters. The highest BCUT2D eigenvalue weighted by molar-refractivity contribution is 6.22. The molecule has 30 heavy (non-hydrogen) atoms. The number of fused-ring (bicyclic) bond motifs is 1. The van der Waals surface area contributed by atoms with Gasteiger partial charge >= 0.3 is 0 Å². The van der Waals surface area contributed by atoms with Crippen LogP contribution >= 0.6 is 0 Å². The van der Waals surface area contributed by atoms with Crippen LogP contribution in [0, 0.1) is 11.8 Å². The third kappa shape index (κ3) is 3.43. The standard InChI is InChI=1S/C26H24N2O2/c29-25-23-11-8-21(20-4-2-1-3-5-20)17-24(23)26(30)28(25)22-9-6-18(7-10-22)16-19-12-14-27-15-13-19/h1-7,9-10,12-15,21,23-24H,8,11,16-17H2. The predicted molar refractivity (Wildman–Crippen MR) is 116 cm³/mol. The third-order valence-electron chi connectivity index (χ3n) is 6.55. The van der Waals surface area contributed by atoms with Crippen molar-refractivity contribution in [2.75, 3.05) is 4.90 Å². The number of pyridine rings is 1. The van der Waals surface area contributed by atoms with Crippen molar-refractivity contribution < 1.29 is 9.59 Å². The van der Waals surface area contributed by atoms with Crippen molar-refractivity contribution in [2.24, 2.45) is 11.8 Å². The van der Waals surface area contributed by atoms with Crippen molar-refractivity contribution >= 4 is 17.5 Å². The molecule has 1 aromatic heterocycles. The van der Waals surface area contributed by atoms with E-state index in [9.17, 15) is 9.59 Å². The Hall–Kier alpha value is -3.27. The van der Waals surface area contributed by atoms with E-state index in [0.717, 1.165) is 31.2 Å². The number of amides is 2. The summed E-state index contributed by atoms with van der Waals surface area (Å²) in [6.07, 6.45) is 6.88. The molecule has 1 saturated carbocycles. The first-order chi connectivity index (χ1) is 14.7. The summed E-state index contributed by atoms with van der Waals surface area (Å²) in [4.78, 5) is 31.7. The highest BCUT2D eigenvalue weighted by Crippen LogP contribution is 2.45. The van der Waals surface area contributed by atoms with Gasteiger partial charge in [0.05, 0.1) is 17.5 Å². The Balaban J connectivity index is 1.33. The SMILES string of the molecule is O=C1C2CCC(c3ccccc3)CC2C(=O)N1c1ccc(Cc2ccncc2)cc1. The van der Waals surface area contributed by atoms with Crippen LogP contribution < -0.4 is 4.90 Å². The molecular weight excluding hydrogens is 372 g/mol. The zero-order valence-corrected chi connectivity index (χ0v) is 16.8. The third-order valence-corrected chi connectivity index (χ3v) is 6.55. The van der Waals surface area contributed by atoms with Crippen molar-refractivity contribution in [3.63, 3.8) is 0 Å². The molecule has 1 aliphatic carbocycles. The Labute approximate surface area is 176 Å². The summed E-state index contributed by atoms with van der Waals surface area (Å²) in [6, 6.07) is 22.2. The van der Waals surface area contributed by atoms with Crippen molar-refractivity contribution in [3.05, 3.63) is 95.8 Å². The molecule has 5 rings (SSSR count). The number of rotatable bonds is 4. The summed E-state index contributed by atoms with van der Waals surface area (Å²) in [5.41, 5.74) is 4.29. The van der Waals surface area contributed by atoms with Gasteiger partial charge in [-0.1, -0.05) is 42.5 Å². The molecule has 2 heterocycles. The number of aromatic nitrogens is 1. The summed E-state index contributed by atoms with van der Waals surface area (Å²) in [6.45, 7) is 0. The first kappa shape index (κ1) is 18.7. The summed E-state index contributed by atoms with van der Waals surface area (Å²) in [5.74, 6) is -0.0836. The summed E-state index contributed by atoms with van der Waals surface area (Å²) < 4.78 is 0. The molecule has 3 aromatic rings. The van der Waals surface area contributed by atoms with Gasteiger partial charge in [0.25, 0.3) is 0 Å². The first-order valence-electron chi connectivity index (χ1n) is 10.6. The van der Waals surface area contributed by atoms with E-state index in [0.29, 0.717) is 11.6 Å². The second-order valence-corrected chi connectivity index (χ2v) is 8.34. The molecule has 2 aromatic carbocycles. The normalized spacial score (nSPS) is 23.5. The molecule has 2 aliphatic rings. The van der Waals surface area contributed by atoms with Gasteiger partial charge in [0.15, 0.2) is 0 Å². The van der Waals surface area contributed by atoms with E-state index in [4.69, 9.17) is 0 Å². The summed E-state index contributed by atoms with van der Waals surface area (Å²) in [7, 11) is 0. The van der Waals surface area contributed by atoms with Crippen molar-refractivity contribution in [1.29, 1.82) is 0 Å². The van der Waals surface area contributed by atoms with Gasteiger partial charge in [-0.2, -0.15) is 0 Å². The van der Waals surface area contributed by atoms with Crippen LogP contribution in [0.4, 0.5) is 5.69 Å². The van der Waals surface area contributed by atoms with Gasteiger partial charge in [0, 0.05) is 12.4 Å². The summed E-state index contributed by atoms with van der Waals surface area (Å²) in [5, 5.41) is 0. The smallest absolute Gasteiger partial charge is 0.237 e. The molecule has 3 atom stereocenters. The zero-order chi connectivity index (χ0) is 20.5. The number of nitrogens with zero attached hydrogens (tertiary/aromatic N) is 2. The second kappa shape index (κ2) is 7.86. The number of hydrogen-bond acceptors (Lipinski definition) is 3. The maximum absolute atomic E-state index is 13.2. The zero-order valence-electron chi connectivity index (χ0n) is 16.8. The lowest BCUT2D eigenvalue weighted by Gasteiger charge is -2.28. The number of benzene rings is 2. The average Bonchev–Trinajstić information content (AvgIpc) is 3.05. The topological polar surface area (TPSA) is 50.3 Å². The van der Waals surface area contributed by atoms with E-state index >= 15 is 0 Å². The lowest BCUT2D eigenvalue weighted by molar-refractivity contribution is -0.122. The van der Waals surface area contributed by atoms with Crippen molar-refractivity contribution in [1.82, 2.24) is 4.98 Å². The van der Waals surface area contributed by atoms with Gasteiger partial charge in [-0.05, 0) is 72.6 Å². The van der Waals surface area contributed by atoms with E-state index < -0.39 is 0 Å². The lowest BCUT2D eigenvalue weighted by Crippen LogP contribution is -2.30. The van der Waals surface area contributed by atoms with E-state index in [1.54, 1.807) is 12.4 Å². The number of carbonyl (C=O) groups excluding carboxylic acids is 2. The highest BCUT2D eigenvalue weighted by Gasteiger charge is 2.50. The molecule has 2 amide bonds. The molecule has 0 bridgehead atoms. The maximum Gasteiger partial charge on any atom is 0.237 e. The quantitative estimate of drug-likeness (QED) is 0.598. The largest absolute Gasteiger partial charge is 0.274 e. The molecular formula is C26H24N2O2.